The van der Waals surface area contributed by atoms with E-state index >= 15 is 0 Å². The first-order chi connectivity index (χ1) is 12.2. The fourth-order valence-corrected chi connectivity index (χ4v) is 3.27. The Hall–Kier alpha value is -3.08. The van der Waals surface area contributed by atoms with Crippen LogP contribution in [0.3, 0.4) is 0 Å². The molecule has 0 bridgehead atoms. The molecule has 1 aromatic heterocycles. The van der Waals surface area contributed by atoms with Gasteiger partial charge >= 0.3 is 6.03 Å². The van der Waals surface area contributed by atoms with Crippen molar-refractivity contribution >= 4 is 11.8 Å². The van der Waals surface area contributed by atoms with Gasteiger partial charge in [-0.15, -0.1) is 0 Å². The number of benzene rings is 2. The summed E-state index contributed by atoms with van der Waals surface area (Å²) in [6, 6.07) is 20.1. The number of hydrogen-bond acceptors (Lipinski definition) is 2. The Bertz CT molecular complexity index is 901. The first-order valence-corrected chi connectivity index (χ1v) is 8.43. The lowest BCUT2D eigenvalue weighted by molar-refractivity contribution is 0.206. The first-order valence-electron chi connectivity index (χ1n) is 8.43. The maximum Gasteiger partial charge on any atom is 0.323 e. The molecule has 2 aromatic carbocycles. The van der Waals surface area contributed by atoms with Gasteiger partial charge in [0.05, 0.1) is 5.69 Å². The number of aryl methyl sites for hydroxylation is 1. The van der Waals surface area contributed by atoms with Crippen molar-refractivity contribution in [3.8, 4) is 11.3 Å². The smallest absolute Gasteiger partial charge is 0.320 e. The lowest BCUT2D eigenvalue weighted by atomic mass is 10.0. The van der Waals surface area contributed by atoms with Gasteiger partial charge < -0.3 is 4.90 Å². The van der Waals surface area contributed by atoms with E-state index in [1.165, 1.54) is 11.1 Å². The molecule has 0 radical (unpaired) electrons. The minimum atomic E-state index is -0.104. The Morgan fingerprint density at radius 1 is 1.04 bits per heavy atom. The zero-order valence-corrected chi connectivity index (χ0v) is 14.1. The monoisotopic (exact) mass is 332 g/mol. The summed E-state index contributed by atoms with van der Waals surface area (Å²) in [4.78, 5) is 14.4. The van der Waals surface area contributed by atoms with E-state index < -0.39 is 0 Å². The lowest BCUT2D eigenvalue weighted by Crippen LogP contribution is -2.38. The third-order valence-corrected chi connectivity index (χ3v) is 4.60. The summed E-state index contributed by atoms with van der Waals surface area (Å²) >= 11 is 0. The van der Waals surface area contributed by atoms with Crippen LogP contribution in [0.25, 0.3) is 11.3 Å². The second-order valence-corrected chi connectivity index (χ2v) is 6.27. The molecular weight excluding hydrogens is 312 g/mol. The van der Waals surface area contributed by atoms with E-state index in [1.807, 2.05) is 60.5 Å². The summed E-state index contributed by atoms with van der Waals surface area (Å²) in [5.41, 5.74) is 4.59. The normalized spacial score (nSPS) is 13.4. The van der Waals surface area contributed by atoms with Crippen molar-refractivity contribution < 1.29 is 4.79 Å². The molecule has 25 heavy (non-hydrogen) atoms. The Morgan fingerprint density at radius 3 is 2.56 bits per heavy atom. The molecular formula is C20H20N4O. The van der Waals surface area contributed by atoms with Gasteiger partial charge in [0.15, 0.2) is 5.82 Å². The van der Waals surface area contributed by atoms with Crippen molar-refractivity contribution in [2.75, 3.05) is 11.9 Å². The van der Waals surface area contributed by atoms with Gasteiger partial charge in [0.25, 0.3) is 0 Å². The highest BCUT2D eigenvalue weighted by Crippen LogP contribution is 2.23. The highest BCUT2D eigenvalue weighted by Gasteiger charge is 2.21. The number of fused-ring (bicyclic) bond motifs is 1. The maximum atomic E-state index is 12.6. The van der Waals surface area contributed by atoms with Gasteiger partial charge in [-0.05, 0) is 23.1 Å². The Morgan fingerprint density at radius 2 is 1.76 bits per heavy atom. The van der Waals surface area contributed by atoms with Crippen LogP contribution in [0.5, 0.6) is 0 Å². The van der Waals surface area contributed by atoms with E-state index in [2.05, 4.69) is 22.5 Å². The number of urea groups is 1. The first kappa shape index (κ1) is 15.4. The number of aromatic nitrogens is 2. The zero-order valence-electron chi connectivity index (χ0n) is 14.1. The fraction of sp³-hybridized carbons (Fsp3) is 0.200. The molecule has 0 saturated carbocycles. The molecule has 2 amide bonds. The minimum Gasteiger partial charge on any atom is -0.320 e. The van der Waals surface area contributed by atoms with Crippen molar-refractivity contribution in [2.24, 2.45) is 7.05 Å². The Labute approximate surface area is 146 Å². The molecule has 0 atom stereocenters. The van der Waals surface area contributed by atoms with Crippen LogP contribution in [0.2, 0.25) is 0 Å². The van der Waals surface area contributed by atoms with Crippen molar-refractivity contribution in [1.29, 1.82) is 0 Å². The van der Waals surface area contributed by atoms with E-state index in [9.17, 15) is 4.79 Å². The number of rotatable bonds is 2. The molecule has 0 saturated heterocycles. The van der Waals surface area contributed by atoms with Crippen molar-refractivity contribution in [3.63, 3.8) is 0 Å². The average molecular weight is 332 g/mol. The molecule has 3 aromatic rings. The van der Waals surface area contributed by atoms with Crippen LogP contribution in [0.1, 0.15) is 11.1 Å². The summed E-state index contributed by atoms with van der Waals surface area (Å²) in [7, 11) is 1.88. The van der Waals surface area contributed by atoms with Crippen LogP contribution in [-0.2, 0) is 20.0 Å². The van der Waals surface area contributed by atoms with Gasteiger partial charge in [0, 0.05) is 26.2 Å². The molecule has 0 fully saturated rings. The Balaban J connectivity index is 1.49. The van der Waals surface area contributed by atoms with E-state index in [1.54, 1.807) is 4.68 Å². The number of amides is 2. The van der Waals surface area contributed by atoms with Crippen molar-refractivity contribution in [3.05, 3.63) is 71.8 Å². The number of anilines is 1. The van der Waals surface area contributed by atoms with Crippen LogP contribution in [0.15, 0.2) is 60.7 Å². The number of hydrogen-bond donors (Lipinski definition) is 1. The molecule has 5 nitrogen and oxygen atoms in total. The molecule has 1 aliphatic rings. The molecule has 1 N–H and O–H groups in total. The topological polar surface area (TPSA) is 50.2 Å². The van der Waals surface area contributed by atoms with Crippen LogP contribution in [0.4, 0.5) is 10.6 Å². The second kappa shape index (κ2) is 6.43. The minimum absolute atomic E-state index is 0.104. The number of carbonyl (C=O) groups excluding carboxylic acids is 1. The Kier molecular flexibility index (Phi) is 3.98. The predicted molar refractivity (Wildman–Crippen MR) is 98.2 cm³/mol. The summed E-state index contributed by atoms with van der Waals surface area (Å²) in [6.07, 6.45) is 0.890. The third-order valence-electron chi connectivity index (χ3n) is 4.60. The molecule has 1 aliphatic heterocycles. The van der Waals surface area contributed by atoms with E-state index in [0.29, 0.717) is 12.4 Å². The molecule has 0 spiro atoms. The van der Waals surface area contributed by atoms with Crippen LogP contribution in [0, 0.1) is 0 Å². The molecule has 0 aliphatic carbocycles. The predicted octanol–water partition coefficient (Wildman–Crippen LogP) is 3.68. The summed E-state index contributed by atoms with van der Waals surface area (Å²) in [5.74, 6) is 0.574. The molecule has 126 valence electrons. The van der Waals surface area contributed by atoms with Crippen LogP contribution >= 0.6 is 0 Å². The number of carbonyl (C=O) groups is 1. The van der Waals surface area contributed by atoms with E-state index in [-0.39, 0.29) is 6.03 Å². The summed E-state index contributed by atoms with van der Waals surface area (Å²) < 4.78 is 1.79. The molecule has 4 rings (SSSR count). The average Bonchev–Trinajstić information content (AvgIpc) is 3.02. The van der Waals surface area contributed by atoms with Crippen molar-refractivity contribution in [1.82, 2.24) is 14.7 Å². The number of nitrogens with zero attached hydrogens (tertiary/aromatic N) is 3. The van der Waals surface area contributed by atoms with E-state index in [4.69, 9.17) is 0 Å². The largest absolute Gasteiger partial charge is 0.323 e. The standard InChI is InChI=1S/C20H20N4O/c1-23-18(16-8-3-2-4-9-16)13-19(22-23)21-20(25)24-12-11-15-7-5-6-10-17(15)14-24/h2-10,13H,11-12,14H2,1H3,(H,21,22,25). The van der Waals surface area contributed by atoms with Crippen molar-refractivity contribution in [2.45, 2.75) is 13.0 Å². The van der Waals surface area contributed by atoms with Gasteiger partial charge in [-0.1, -0.05) is 54.6 Å². The quantitative estimate of drug-likeness (QED) is 0.778. The fourth-order valence-electron chi connectivity index (χ4n) is 3.27. The highest BCUT2D eigenvalue weighted by atomic mass is 16.2. The second-order valence-electron chi connectivity index (χ2n) is 6.27. The van der Waals surface area contributed by atoms with Gasteiger partial charge in [0.1, 0.15) is 0 Å². The molecule has 5 heteroatoms. The van der Waals surface area contributed by atoms with Gasteiger partial charge in [-0.2, -0.15) is 5.10 Å². The maximum absolute atomic E-state index is 12.6. The lowest BCUT2D eigenvalue weighted by Gasteiger charge is -2.28. The molecule has 0 unspecified atom stereocenters. The summed E-state index contributed by atoms with van der Waals surface area (Å²) in [5, 5.41) is 7.35. The zero-order chi connectivity index (χ0) is 17.2. The summed E-state index contributed by atoms with van der Waals surface area (Å²) in [6.45, 7) is 1.36. The van der Waals surface area contributed by atoms with Gasteiger partial charge in [-0.3, -0.25) is 10.00 Å². The third kappa shape index (κ3) is 3.13. The van der Waals surface area contributed by atoms with Gasteiger partial charge in [0.2, 0.25) is 0 Å². The van der Waals surface area contributed by atoms with Gasteiger partial charge in [-0.25, -0.2) is 4.79 Å². The van der Waals surface area contributed by atoms with Crippen LogP contribution < -0.4 is 5.32 Å². The van der Waals surface area contributed by atoms with E-state index in [0.717, 1.165) is 24.2 Å². The molecule has 2 heterocycles. The van der Waals surface area contributed by atoms with Crippen LogP contribution in [-0.4, -0.2) is 27.3 Å². The highest BCUT2D eigenvalue weighted by molar-refractivity contribution is 5.89. The number of nitrogens with one attached hydrogen (secondary N) is 1. The SMILES string of the molecule is Cn1nc(NC(=O)N2CCc3ccccc3C2)cc1-c1ccccc1.